The van der Waals surface area contributed by atoms with Gasteiger partial charge in [-0.05, 0) is 72.0 Å². The van der Waals surface area contributed by atoms with Crippen LogP contribution >= 0.6 is 22.6 Å². The molecule has 21 heavy (non-hydrogen) atoms. The monoisotopic (exact) mass is 395 g/mol. The van der Waals surface area contributed by atoms with Gasteiger partial charge in [-0.1, -0.05) is 6.07 Å². The van der Waals surface area contributed by atoms with E-state index in [9.17, 15) is 9.59 Å². The van der Waals surface area contributed by atoms with Gasteiger partial charge in [0.25, 0.3) is 5.91 Å². The van der Waals surface area contributed by atoms with Gasteiger partial charge in [-0.2, -0.15) is 0 Å². The molecule has 0 aliphatic heterocycles. The lowest BCUT2D eigenvalue weighted by Gasteiger charge is -2.08. The van der Waals surface area contributed by atoms with Gasteiger partial charge in [0.1, 0.15) is 5.75 Å². The SMILES string of the molecule is CC(=O)c1ccc(NC(=O)COc2cccc(I)c2)cc1. The van der Waals surface area contributed by atoms with Crippen LogP contribution in [0.3, 0.4) is 0 Å². The molecule has 0 radical (unpaired) electrons. The maximum Gasteiger partial charge on any atom is 0.262 e. The molecule has 0 atom stereocenters. The lowest BCUT2D eigenvalue weighted by molar-refractivity contribution is -0.118. The van der Waals surface area contributed by atoms with E-state index in [0.717, 1.165) is 3.57 Å². The zero-order valence-electron chi connectivity index (χ0n) is 11.4. The molecule has 0 aromatic heterocycles. The molecule has 0 saturated heterocycles. The second kappa shape index (κ2) is 7.21. The van der Waals surface area contributed by atoms with Crippen molar-refractivity contribution in [2.75, 3.05) is 11.9 Å². The average Bonchev–Trinajstić information content (AvgIpc) is 2.46. The molecule has 4 nitrogen and oxygen atoms in total. The number of carbonyl (C=O) groups excluding carboxylic acids is 2. The molecular formula is C16H14INO3. The summed E-state index contributed by atoms with van der Waals surface area (Å²) in [5, 5.41) is 2.72. The summed E-state index contributed by atoms with van der Waals surface area (Å²) in [7, 11) is 0. The Kier molecular flexibility index (Phi) is 5.32. The van der Waals surface area contributed by atoms with Gasteiger partial charge in [0, 0.05) is 14.8 Å². The fraction of sp³-hybridized carbons (Fsp3) is 0.125. The van der Waals surface area contributed by atoms with E-state index in [-0.39, 0.29) is 18.3 Å². The molecule has 0 bridgehead atoms. The summed E-state index contributed by atoms with van der Waals surface area (Å²) >= 11 is 2.18. The van der Waals surface area contributed by atoms with Gasteiger partial charge >= 0.3 is 0 Å². The van der Waals surface area contributed by atoms with E-state index >= 15 is 0 Å². The fourth-order valence-corrected chi connectivity index (χ4v) is 2.21. The van der Waals surface area contributed by atoms with E-state index in [1.165, 1.54) is 6.92 Å². The maximum atomic E-state index is 11.8. The summed E-state index contributed by atoms with van der Waals surface area (Å²) in [6.07, 6.45) is 0. The minimum Gasteiger partial charge on any atom is -0.484 e. The van der Waals surface area contributed by atoms with Gasteiger partial charge in [0.15, 0.2) is 12.4 Å². The van der Waals surface area contributed by atoms with Crippen molar-refractivity contribution < 1.29 is 14.3 Å². The molecule has 0 spiro atoms. The molecule has 0 aliphatic carbocycles. The van der Waals surface area contributed by atoms with E-state index < -0.39 is 0 Å². The predicted octanol–water partition coefficient (Wildman–Crippen LogP) is 3.51. The Morgan fingerprint density at radius 2 is 1.86 bits per heavy atom. The number of hydrogen-bond donors (Lipinski definition) is 1. The predicted molar refractivity (Wildman–Crippen MR) is 89.7 cm³/mol. The molecular weight excluding hydrogens is 381 g/mol. The summed E-state index contributed by atoms with van der Waals surface area (Å²) in [6.45, 7) is 1.44. The summed E-state index contributed by atoms with van der Waals surface area (Å²) in [5.74, 6) is 0.406. The normalized spacial score (nSPS) is 10.0. The molecule has 0 heterocycles. The number of anilines is 1. The van der Waals surface area contributed by atoms with E-state index in [4.69, 9.17) is 4.74 Å². The zero-order chi connectivity index (χ0) is 15.2. The number of benzene rings is 2. The second-order valence-corrected chi connectivity index (χ2v) is 5.67. The van der Waals surface area contributed by atoms with Crippen molar-refractivity contribution in [1.82, 2.24) is 0 Å². The average molecular weight is 395 g/mol. The Balaban J connectivity index is 1.88. The van der Waals surface area contributed by atoms with Crippen LogP contribution in [-0.4, -0.2) is 18.3 Å². The van der Waals surface area contributed by atoms with Gasteiger partial charge in [0.2, 0.25) is 0 Å². The Hall–Kier alpha value is -1.89. The Morgan fingerprint density at radius 1 is 1.14 bits per heavy atom. The molecule has 1 amide bonds. The van der Waals surface area contributed by atoms with Crippen molar-refractivity contribution in [2.45, 2.75) is 6.92 Å². The lowest BCUT2D eigenvalue weighted by Crippen LogP contribution is -2.20. The molecule has 1 N–H and O–H groups in total. The van der Waals surface area contributed by atoms with Crippen molar-refractivity contribution in [2.24, 2.45) is 0 Å². The number of amides is 1. The molecule has 5 heteroatoms. The standard InChI is InChI=1S/C16H14INO3/c1-11(19)12-5-7-14(8-6-12)18-16(20)10-21-15-4-2-3-13(17)9-15/h2-9H,10H2,1H3,(H,18,20). The van der Waals surface area contributed by atoms with Crippen LogP contribution in [0.1, 0.15) is 17.3 Å². The van der Waals surface area contributed by atoms with Crippen molar-refractivity contribution in [1.29, 1.82) is 0 Å². The first-order valence-electron chi connectivity index (χ1n) is 6.34. The van der Waals surface area contributed by atoms with Gasteiger partial charge in [0.05, 0.1) is 0 Å². The van der Waals surface area contributed by atoms with Crippen molar-refractivity contribution in [3.63, 3.8) is 0 Å². The highest BCUT2D eigenvalue weighted by molar-refractivity contribution is 14.1. The van der Waals surface area contributed by atoms with Crippen LogP contribution in [0.25, 0.3) is 0 Å². The third-order valence-electron chi connectivity index (χ3n) is 2.74. The quantitative estimate of drug-likeness (QED) is 0.623. The number of hydrogen-bond acceptors (Lipinski definition) is 3. The van der Waals surface area contributed by atoms with Crippen LogP contribution in [-0.2, 0) is 4.79 Å². The number of Topliss-reactive ketones (excluding diaryl/α,β-unsaturated/α-hetero) is 1. The number of rotatable bonds is 5. The number of nitrogens with one attached hydrogen (secondary N) is 1. The van der Waals surface area contributed by atoms with Crippen LogP contribution < -0.4 is 10.1 Å². The Labute approximate surface area is 136 Å². The highest BCUT2D eigenvalue weighted by atomic mass is 127. The first-order valence-corrected chi connectivity index (χ1v) is 7.42. The molecule has 0 unspecified atom stereocenters. The van der Waals surface area contributed by atoms with Crippen LogP contribution in [0.4, 0.5) is 5.69 Å². The second-order valence-electron chi connectivity index (χ2n) is 4.43. The highest BCUT2D eigenvalue weighted by Crippen LogP contribution is 2.15. The Bertz CT molecular complexity index is 653. The van der Waals surface area contributed by atoms with Gasteiger partial charge in [-0.25, -0.2) is 0 Å². The lowest BCUT2D eigenvalue weighted by atomic mass is 10.1. The van der Waals surface area contributed by atoms with Crippen molar-refractivity contribution in [3.05, 3.63) is 57.7 Å². The van der Waals surface area contributed by atoms with Crippen LogP contribution in [0.2, 0.25) is 0 Å². The van der Waals surface area contributed by atoms with Crippen LogP contribution in [0.15, 0.2) is 48.5 Å². The molecule has 2 aromatic rings. The first kappa shape index (κ1) is 15.5. The summed E-state index contributed by atoms with van der Waals surface area (Å²) in [5.41, 5.74) is 1.25. The molecule has 0 saturated carbocycles. The molecule has 2 aromatic carbocycles. The van der Waals surface area contributed by atoms with E-state index in [1.54, 1.807) is 30.3 Å². The third-order valence-corrected chi connectivity index (χ3v) is 3.41. The minimum atomic E-state index is -0.246. The van der Waals surface area contributed by atoms with E-state index in [0.29, 0.717) is 17.0 Å². The van der Waals surface area contributed by atoms with Gasteiger partial charge < -0.3 is 10.1 Å². The number of ether oxygens (including phenoxy) is 1. The largest absolute Gasteiger partial charge is 0.484 e. The van der Waals surface area contributed by atoms with Crippen LogP contribution in [0.5, 0.6) is 5.75 Å². The topological polar surface area (TPSA) is 55.4 Å². The zero-order valence-corrected chi connectivity index (χ0v) is 13.6. The van der Waals surface area contributed by atoms with E-state index in [2.05, 4.69) is 27.9 Å². The van der Waals surface area contributed by atoms with Crippen LogP contribution in [0, 0.1) is 3.57 Å². The molecule has 108 valence electrons. The number of carbonyl (C=O) groups is 2. The van der Waals surface area contributed by atoms with E-state index in [1.807, 2.05) is 18.2 Å². The highest BCUT2D eigenvalue weighted by Gasteiger charge is 2.05. The van der Waals surface area contributed by atoms with Crippen molar-refractivity contribution in [3.8, 4) is 5.75 Å². The first-order chi connectivity index (χ1) is 10.0. The summed E-state index contributed by atoms with van der Waals surface area (Å²) < 4.78 is 6.46. The Morgan fingerprint density at radius 3 is 2.48 bits per heavy atom. The van der Waals surface area contributed by atoms with Crippen molar-refractivity contribution >= 4 is 40.0 Å². The fourth-order valence-electron chi connectivity index (χ4n) is 1.69. The molecule has 0 aliphatic rings. The van der Waals surface area contributed by atoms with Gasteiger partial charge in [-0.3, -0.25) is 9.59 Å². The third kappa shape index (κ3) is 4.86. The molecule has 2 rings (SSSR count). The van der Waals surface area contributed by atoms with Gasteiger partial charge in [-0.15, -0.1) is 0 Å². The number of ketones is 1. The number of halogens is 1. The summed E-state index contributed by atoms with van der Waals surface area (Å²) in [6, 6.07) is 14.2. The maximum absolute atomic E-state index is 11.8. The minimum absolute atomic E-state index is 0.00473. The molecule has 0 fully saturated rings. The smallest absolute Gasteiger partial charge is 0.262 e. The summed E-state index contributed by atoms with van der Waals surface area (Å²) in [4.78, 5) is 22.9.